The molecule has 0 radical (unpaired) electrons. The van der Waals surface area contributed by atoms with Crippen LogP contribution in [0.15, 0.2) is 48.5 Å². The molecule has 0 fully saturated rings. The molecule has 0 saturated carbocycles. The van der Waals surface area contributed by atoms with Gasteiger partial charge in [0.1, 0.15) is 12.4 Å². The Morgan fingerprint density at radius 1 is 1.03 bits per heavy atom. The number of guanidine groups is 1. The minimum atomic E-state index is -5.08. The van der Waals surface area contributed by atoms with Crippen molar-refractivity contribution in [1.82, 2.24) is 5.32 Å². The summed E-state index contributed by atoms with van der Waals surface area (Å²) in [5.41, 5.74) is 6.06. The van der Waals surface area contributed by atoms with Crippen LogP contribution in [0.3, 0.4) is 0 Å². The Morgan fingerprint density at radius 2 is 1.60 bits per heavy atom. The number of nitrogens with one attached hydrogen (secondary N) is 2. The predicted molar refractivity (Wildman–Crippen MR) is 94.7 cm³/mol. The summed E-state index contributed by atoms with van der Waals surface area (Å²) in [6.45, 7) is 0.564. The van der Waals surface area contributed by atoms with Gasteiger partial charge in [-0.2, -0.15) is 26.3 Å². The van der Waals surface area contributed by atoms with E-state index in [4.69, 9.17) is 25.8 Å². The van der Waals surface area contributed by atoms with Crippen LogP contribution in [0.1, 0.15) is 16.7 Å². The summed E-state index contributed by atoms with van der Waals surface area (Å²) < 4.78 is 74.8. The number of ether oxygens (including phenoxy) is 1. The lowest BCUT2D eigenvalue weighted by Crippen LogP contribution is -2.29. The van der Waals surface area contributed by atoms with Crippen LogP contribution in [0.4, 0.5) is 26.3 Å². The molecule has 30 heavy (non-hydrogen) atoms. The number of benzene rings is 2. The first-order chi connectivity index (χ1) is 13.8. The molecular weight excluding hydrogens is 420 g/mol. The summed E-state index contributed by atoms with van der Waals surface area (Å²) in [6, 6.07) is 12.0. The molecule has 2 rings (SSSR count). The van der Waals surface area contributed by atoms with Crippen molar-refractivity contribution < 1.29 is 41.0 Å². The van der Waals surface area contributed by atoms with Crippen LogP contribution in [0, 0.1) is 5.41 Å². The average molecular weight is 437 g/mol. The summed E-state index contributed by atoms with van der Waals surface area (Å²) in [5, 5.41) is 16.9. The van der Waals surface area contributed by atoms with Crippen molar-refractivity contribution in [3.63, 3.8) is 0 Å². The second kappa shape index (κ2) is 10.4. The van der Waals surface area contributed by atoms with E-state index in [0.717, 1.165) is 17.7 Å². The largest absolute Gasteiger partial charge is 0.490 e. The van der Waals surface area contributed by atoms with Gasteiger partial charge in [0.25, 0.3) is 0 Å². The van der Waals surface area contributed by atoms with Crippen LogP contribution in [0.25, 0.3) is 0 Å². The number of alkyl halides is 6. The van der Waals surface area contributed by atoms with Crippen molar-refractivity contribution in [3.05, 3.63) is 65.2 Å². The zero-order valence-electron chi connectivity index (χ0n) is 15.1. The Morgan fingerprint density at radius 3 is 2.07 bits per heavy atom. The zero-order valence-corrected chi connectivity index (χ0v) is 15.1. The van der Waals surface area contributed by atoms with Gasteiger partial charge in [-0.15, -0.1) is 0 Å². The zero-order chi connectivity index (χ0) is 22.9. The van der Waals surface area contributed by atoms with Crippen molar-refractivity contribution in [1.29, 1.82) is 5.41 Å². The van der Waals surface area contributed by atoms with Gasteiger partial charge in [-0.25, -0.2) is 4.79 Å². The summed E-state index contributed by atoms with van der Waals surface area (Å²) in [6.07, 6.45) is -9.42. The van der Waals surface area contributed by atoms with E-state index in [1.165, 1.54) is 12.1 Å². The SMILES string of the molecule is N=C(N)NCc1cccc(OCc2ccc(C(F)(F)F)cc2)c1.O=C(O)C(F)(F)F. The Kier molecular flexibility index (Phi) is 8.50. The third kappa shape index (κ3) is 9.17. The maximum Gasteiger partial charge on any atom is 0.490 e. The van der Waals surface area contributed by atoms with E-state index in [9.17, 15) is 26.3 Å². The van der Waals surface area contributed by atoms with Gasteiger partial charge in [0.05, 0.1) is 5.56 Å². The van der Waals surface area contributed by atoms with Gasteiger partial charge in [0.2, 0.25) is 0 Å². The van der Waals surface area contributed by atoms with E-state index in [2.05, 4.69) is 5.32 Å². The van der Waals surface area contributed by atoms with E-state index < -0.39 is 23.9 Å². The molecule has 0 saturated heterocycles. The number of carbonyl (C=O) groups is 1. The molecule has 164 valence electrons. The first kappa shape index (κ1) is 24.6. The van der Waals surface area contributed by atoms with Gasteiger partial charge in [0, 0.05) is 6.54 Å². The lowest BCUT2D eigenvalue weighted by Gasteiger charge is -2.10. The van der Waals surface area contributed by atoms with E-state index in [0.29, 0.717) is 17.9 Å². The molecule has 5 N–H and O–H groups in total. The molecule has 0 aliphatic rings. The fourth-order valence-corrected chi connectivity index (χ4v) is 1.90. The maximum atomic E-state index is 12.5. The average Bonchev–Trinajstić information content (AvgIpc) is 2.64. The highest BCUT2D eigenvalue weighted by Gasteiger charge is 2.38. The Hall–Kier alpha value is -3.44. The second-order valence-electron chi connectivity index (χ2n) is 5.70. The van der Waals surface area contributed by atoms with Crippen LogP contribution in [-0.4, -0.2) is 23.2 Å². The summed E-state index contributed by atoms with van der Waals surface area (Å²) in [4.78, 5) is 8.90. The number of carboxylic acids is 1. The molecule has 0 spiro atoms. The van der Waals surface area contributed by atoms with Crippen LogP contribution >= 0.6 is 0 Å². The quantitative estimate of drug-likeness (QED) is 0.322. The topological polar surface area (TPSA) is 108 Å². The summed E-state index contributed by atoms with van der Waals surface area (Å²) in [7, 11) is 0. The fourth-order valence-electron chi connectivity index (χ4n) is 1.90. The molecule has 0 amide bonds. The minimum Gasteiger partial charge on any atom is -0.489 e. The maximum absolute atomic E-state index is 12.5. The van der Waals surface area contributed by atoms with Gasteiger partial charge < -0.3 is 20.9 Å². The van der Waals surface area contributed by atoms with Crippen LogP contribution in [0.5, 0.6) is 5.75 Å². The molecular formula is C18H17F6N3O3. The van der Waals surface area contributed by atoms with Gasteiger partial charge >= 0.3 is 18.3 Å². The fraction of sp³-hybridized carbons (Fsp3) is 0.222. The predicted octanol–water partition coefficient (Wildman–Crippen LogP) is 3.90. The Labute approximate surface area is 166 Å². The third-order valence-electron chi connectivity index (χ3n) is 3.31. The van der Waals surface area contributed by atoms with E-state index in [-0.39, 0.29) is 12.6 Å². The molecule has 0 bridgehead atoms. The Bertz CT molecular complexity index is 851. The smallest absolute Gasteiger partial charge is 0.489 e. The molecule has 12 heteroatoms. The highest BCUT2D eigenvalue weighted by Crippen LogP contribution is 2.29. The number of rotatable bonds is 5. The number of halogens is 6. The van der Waals surface area contributed by atoms with Crippen LogP contribution < -0.4 is 15.8 Å². The van der Waals surface area contributed by atoms with Gasteiger partial charge in [-0.05, 0) is 35.4 Å². The molecule has 0 atom stereocenters. The molecule has 0 unspecified atom stereocenters. The van der Waals surface area contributed by atoms with Crippen molar-refractivity contribution in [3.8, 4) is 5.75 Å². The molecule has 0 aliphatic carbocycles. The van der Waals surface area contributed by atoms with Crippen molar-refractivity contribution in [2.24, 2.45) is 5.73 Å². The first-order valence-corrected chi connectivity index (χ1v) is 8.05. The van der Waals surface area contributed by atoms with E-state index in [1.807, 2.05) is 6.07 Å². The van der Waals surface area contributed by atoms with Gasteiger partial charge in [-0.3, -0.25) is 5.41 Å². The Balaban J connectivity index is 0.000000553. The number of carboxylic acid groups (broad SMARTS) is 1. The second-order valence-corrected chi connectivity index (χ2v) is 5.70. The number of nitrogens with two attached hydrogens (primary N) is 1. The lowest BCUT2D eigenvalue weighted by atomic mass is 10.1. The first-order valence-electron chi connectivity index (χ1n) is 8.05. The van der Waals surface area contributed by atoms with Gasteiger partial charge in [0.15, 0.2) is 5.96 Å². The van der Waals surface area contributed by atoms with Gasteiger partial charge in [-0.1, -0.05) is 24.3 Å². The van der Waals surface area contributed by atoms with E-state index in [1.54, 1.807) is 18.2 Å². The van der Waals surface area contributed by atoms with E-state index >= 15 is 0 Å². The third-order valence-corrected chi connectivity index (χ3v) is 3.31. The number of aliphatic carboxylic acids is 1. The highest BCUT2D eigenvalue weighted by molar-refractivity contribution is 5.74. The minimum absolute atomic E-state index is 0.124. The molecule has 0 aromatic heterocycles. The number of hydrogen-bond acceptors (Lipinski definition) is 3. The lowest BCUT2D eigenvalue weighted by molar-refractivity contribution is -0.192. The van der Waals surface area contributed by atoms with Crippen molar-refractivity contribution in [2.45, 2.75) is 25.5 Å². The van der Waals surface area contributed by atoms with Crippen LogP contribution in [0.2, 0.25) is 0 Å². The summed E-state index contributed by atoms with van der Waals surface area (Å²) in [5.74, 6) is -2.29. The number of hydrogen-bond donors (Lipinski definition) is 4. The molecule has 2 aromatic carbocycles. The molecule has 2 aromatic rings. The standard InChI is InChI=1S/C16H16F3N3O.C2HF3O2/c17-16(18,19)13-6-4-11(5-7-13)10-23-14-3-1-2-12(8-14)9-22-15(20)21;3-2(4,5)1(6)7/h1-8H,9-10H2,(H4,20,21,22);(H,6,7). The summed E-state index contributed by atoms with van der Waals surface area (Å²) >= 11 is 0. The molecule has 0 heterocycles. The monoisotopic (exact) mass is 437 g/mol. The van der Waals surface area contributed by atoms with Crippen molar-refractivity contribution in [2.75, 3.05) is 0 Å². The normalized spacial score (nSPS) is 11.1. The van der Waals surface area contributed by atoms with Crippen molar-refractivity contribution >= 4 is 11.9 Å². The molecule has 0 aliphatic heterocycles. The highest BCUT2D eigenvalue weighted by atomic mass is 19.4. The van der Waals surface area contributed by atoms with Crippen LogP contribution in [-0.2, 0) is 24.1 Å². The molecule has 6 nitrogen and oxygen atoms in total.